The number of hydrogen-bond acceptors (Lipinski definition) is 5. The van der Waals surface area contributed by atoms with E-state index in [9.17, 15) is 5.48 Å². The van der Waals surface area contributed by atoms with Gasteiger partial charge in [0.1, 0.15) is 35.5 Å². The van der Waals surface area contributed by atoms with Crippen molar-refractivity contribution >= 4 is 66.4 Å². The molecule has 16 rings (SSSR count). The van der Waals surface area contributed by atoms with Crippen molar-refractivity contribution in [2.75, 3.05) is 16.5 Å². The number of nitrogens with zero attached hydrogens (tertiary/aromatic N) is 5. The minimum absolute atomic E-state index is 0.0346. The third-order valence-electron chi connectivity index (χ3n) is 17.8. The Bertz CT molecular complexity index is 5700. The average Bonchev–Trinajstić information content (AvgIpc) is 1.61. The number of anilines is 4. The number of benzene rings is 12. The molecule has 0 bridgehead atoms. The van der Waals surface area contributed by atoms with Crippen LogP contribution in [0.5, 0.6) is 23.0 Å². The van der Waals surface area contributed by atoms with Gasteiger partial charge in [-0.25, -0.2) is 4.98 Å². The van der Waals surface area contributed by atoms with Crippen molar-refractivity contribution in [3.8, 4) is 79.0 Å². The first-order chi connectivity index (χ1) is 49.5. The van der Waals surface area contributed by atoms with Crippen LogP contribution >= 0.6 is 0 Å². The minimum atomic E-state index is -0.564. The standard InChI is InChI=1S/C86H69N5O2/c1-85(2,3)61-42-38-59(39-43-61)70-32-21-33-71(60-40-44-62(45-41-60)86(4,5)6)84(70)93-67-50-51-87-82(55-67)91-78-49-46-64(90-76-34-15-13-28-72(76)73-29-14-16-35-77(73)90)53-75(78)74-48-47-66(54-81(74)91)92-65-27-19-26-63(52-65)88-56-89(80-37-18-17-36-79(80)88)83-68(57-22-9-7-10-23-57)30-20-31-69(83)58-24-11-8-12-25-58/h7-55H,56H2,1-6H3/i7D,8D,9D,10D,11D,12D,22D,23D,24D,25D. The fourth-order valence-electron chi connectivity index (χ4n) is 13.2. The van der Waals surface area contributed by atoms with Gasteiger partial charge < -0.3 is 23.8 Å². The molecular formula is C86H69N5O2. The first kappa shape index (κ1) is 46.6. The van der Waals surface area contributed by atoms with Crippen LogP contribution in [0.25, 0.3) is 99.6 Å². The highest BCUT2D eigenvalue weighted by Gasteiger charge is 2.32. The molecule has 1 aliphatic rings. The van der Waals surface area contributed by atoms with E-state index in [1.807, 2.05) is 77.7 Å². The van der Waals surface area contributed by atoms with Crippen LogP contribution in [0.3, 0.4) is 0 Å². The zero-order valence-electron chi connectivity index (χ0n) is 62.3. The number of rotatable bonds is 12. The second-order valence-electron chi connectivity index (χ2n) is 25.7. The number of aromatic nitrogens is 3. The summed E-state index contributed by atoms with van der Waals surface area (Å²) in [5.41, 5.74) is 13.8. The van der Waals surface area contributed by atoms with Gasteiger partial charge in [-0.05, 0) is 117 Å². The maximum Gasteiger partial charge on any atom is 0.143 e. The predicted molar refractivity (Wildman–Crippen MR) is 387 cm³/mol. The molecule has 0 amide bonds. The van der Waals surface area contributed by atoms with Crippen LogP contribution < -0.4 is 19.3 Å². The molecule has 7 nitrogen and oxygen atoms in total. The van der Waals surface area contributed by atoms with E-state index in [1.165, 1.54) is 11.1 Å². The number of fused-ring (bicyclic) bond motifs is 7. The zero-order chi connectivity index (χ0) is 71.7. The Labute approximate surface area is 557 Å². The van der Waals surface area contributed by atoms with Crippen LogP contribution in [0.15, 0.2) is 297 Å². The highest BCUT2D eigenvalue weighted by Crippen LogP contribution is 2.51. The second kappa shape index (κ2) is 22.8. The molecule has 93 heavy (non-hydrogen) atoms. The van der Waals surface area contributed by atoms with Gasteiger partial charge in [0, 0.05) is 79.6 Å². The summed E-state index contributed by atoms with van der Waals surface area (Å²) in [4.78, 5) is 9.10. The van der Waals surface area contributed by atoms with Crippen molar-refractivity contribution in [3.05, 3.63) is 308 Å². The van der Waals surface area contributed by atoms with Crippen molar-refractivity contribution in [1.29, 1.82) is 0 Å². The van der Waals surface area contributed by atoms with Crippen LogP contribution in [0.4, 0.5) is 22.7 Å². The molecule has 0 saturated heterocycles. The van der Waals surface area contributed by atoms with Crippen LogP contribution in [-0.4, -0.2) is 20.8 Å². The normalized spacial score (nSPS) is 14.0. The summed E-state index contributed by atoms with van der Waals surface area (Å²) in [6.07, 6.45) is 1.79. The maximum absolute atomic E-state index is 9.20. The van der Waals surface area contributed by atoms with E-state index in [2.05, 4.69) is 195 Å². The molecule has 3 aromatic heterocycles. The fourth-order valence-corrected chi connectivity index (χ4v) is 13.2. The Kier molecular flexibility index (Phi) is 11.4. The lowest BCUT2D eigenvalue weighted by Crippen LogP contribution is -2.24. The highest BCUT2D eigenvalue weighted by atomic mass is 16.5. The molecule has 0 N–H and O–H groups in total. The number of para-hydroxylation sites is 6. The van der Waals surface area contributed by atoms with E-state index in [0.29, 0.717) is 40.2 Å². The van der Waals surface area contributed by atoms with E-state index in [0.717, 1.165) is 77.2 Å². The molecule has 4 heterocycles. The lowest BCUT2D eigenvalue weighted by atomic mass is 9.85. The van der Waals surface area contributed by atoms with Gasteiger partial charge in [-0.3, -0.25) is 4.57 Å². The van der Waals surface area contributed by atoms with Crippen molar-refractivity contribution in [1.82, 2.24) is 14.1 Å². The van der Waals surface area contributed by atoms with E-state index in [4.69, 9.17) is 22.7 Å². The molecular weight excluding hydrogens is 1130 g/mol. The van der Waals surface area contributed by atoms with E-state index in [1.54, 1.807) is 24.4 Å². The topological polar surface area (TPSA) is 47.7 Å². The number of hydrogen-bond donors (Lipinski definition) is 0. The van der Waals surface area contributed by atoms with E-state index >= 15 is 0 Å². The quantitative estimate of drug-likeness (QED) is 0.122. The summed E-state index contributed by atoms with van der Waals surface area (Å²) >= 11 is 0. The Balaban J connectivity index is 0.817. The molecule has 450 valence electrons. The number of ether oxygens (including phenoxy) is 2. The fraction of sp³-hybridized carbons (Fsp3) is 0.105. The van der Waals surface area contributed by atoms with Gasteiger partial charge in [-0.2, -0.15) is 0 Å². The zero-order valence-corrected chi connectivity index (χ0v) is 52.3. The lowest BCUT2D eigenvalue weighted by Gasteiger charge is -2.27. The van der Waals surface area contributed by atoms with Gasteiger partial charge in [-0.1, -0.05) is 241 Å². The third-order valence-corrected chi connectivity index (χ3v) is 17.8. The molecule has 1 aliphatic heterocycles. The summed E-state index contributed by atoms with van der Waals surface area (Å²) in [6, 6.07) is 72.5. The van der Waals surface area contributed by atoms with Crippen LogP contribution in [0, 0.1) is 0 Å². The van der Waals surface area contributed by atoms with Gasteiger partial charge in [0.2, 0.25) is 0 Å². The smallest absolute Gasteiger partial charge is 0.143 e. The molecule has 12 aromatic carbocycles. The largest absolute Gasteiger partial charge is 0.457 e. The Morgan fingerprint density at radius 3 is 1.48 bits per heavy atom. The molecule has 0 saturated carbocycles. The SMILES string of the molecule is [2H]c1c([2H])c([2H])c(-c2cccc(-c3c([2H])c([2H])c([2H])c([2H])c3[2H])c2N2CN(c3cccc(Oc4ccc5c6cc(-n7c8ccccc8c8ccccc87)ccc6n(-c6cc(Oc7c(-c8ccc(C(C)(C)C)cc8)cccc7-c7ccc(C(C)(C)C)cc7)ccn6)c5c4)c3)c3ccccc32)c([2H])c1[2H]. The molecule has 0 radical (unpaired) electrons. The predicted octanol–water partition coefficient (Wildman–Crippen LogP) is 23.4. The van der Waals surface area contributed by atoms with Gasteiger partial charge in [0.25, 0.3) is 0 Å². The summed E-state index contributed by atoms with van der Waals surface area (Å²) in [5, 5.41) is 4.26. The first-order valence-corrected chi connectivity index (χ1v) is 31.3. The summed E-state index contributed by atoms with van der Waals surface area (Å²) in [7, 11) is 0. The molecule has 7 heteroatoms. The Hall–Kier alpha value is -11.4. The van der Waals surface area contributed by atoms with Gasteiger partial charge >= 0.3 is 0 Å². The second-order valence-corrected chi connectivity index (χ2v) is 25.7. The van der Waals surface area contributed by atoms with Crippen LogP contribution in [-0.2, 0) is 10.8 Å². The molecule has 0 unspecified atom stereocenters. The summed E-state index contributed by atoms with van der Waals surface area (Å²) in [5.74, 6) is 2.96. The molecule has 0 aliphatic carbocycles. The molecule has 0 fully saturated rings. The molecule has 0 atom stereocenters. The van der Waals surface area contributed by atoms with Gasteiger partial charge in [0.05, 0.1) is 52.8 Å². The third kappa shape index (κ3) is 10.3. The number of pyridine rings is 1. The summed E-state index contributed by atoms with van der Waals surface area (Å²) in [6.45, 7) is 13.4. The first-order valence-electron chi connectivity index (χ1n) is 36.3. The molecule has 15 aromatic rings. The van der Waals surface area contributed by atoms with Crippen molar-refractivity contribution < 1.29 is 23.2 Å². The average molecular weight is 1210 g/mol. The van der Waals surface area contributed by atoms with Crippen LogP contribution in [0.2, 0.25) is 0 Å². The Morgan fingerprint density at radius 1 is 0.366 bits per heavy atom. The summed E-state index contributed by atoms with van der Waals surface area (Å²) < 4.78 is 108. The van der Waals surface area contributed by atoms with Crippen molar-refractivity contribution in [3.63, 3.8) is 0 Å². The van der Waals surface area contributed by atoms with Gasteiger partial charge in [-0.15, -0.1) is 0 Å². The highest BCUT2D eigenvalue weighted by molar-refractivity contribution is 6.12. The van der Waals surface area contributed by atoms with Crippen molar-refractivity contribution in [2.24, 2.45) is 0 Å². The lowest BCUT2D eigenvalue weighted by molar-refractivity contribution is 0.483. The van der Waals surface area contributed by atoms with Crippen molar-refractivity contribution in [2.45, 2.75) is 52.4 Å². The minimum Gasteiger partial charge on any atom is -0.457 e. The maximum atomic E-state index is 9.20. The monoisotopic (exact) mass is 1210 g/mol. The van der Waals surface area contributed by atoms with E-state index in [-0.39, 0.29) is 45.4 Å². The van der Waals surface area contributed by atoms with Gasteiger partial charge in [0.15, 0.2) is 0 Å². The van der Waals surface area contributed by atoms with E-state index < -0.39 is 60.4 Å². The Morgan fingerprint density at radius 2 is 0.882 bits per heavy atom. The van der Waals surface area contributed by atoms with Crippen LogP contribution in [0.1, 0.15) is 66.4 Å². The molecule has 0 spiro atoms.